The number of rotatable bonds is 6. The van der Waals surface area contributed by atoms with E-state index in [0.29, 0.717) is 28.8 Å². The van der Waals surface area contributed by atoms with Gasteiger partial charge in [-0.15, -0.1) is 5.10 Å². The zero-order valence-electron chi connectivity index (χ0n) is 16.5. The third-order valence-electron chi connectivity index (χ3n) is 5.04. The van der Waals surface area contributed by atoms with Crippen molar-refractivity contribution in [3.63, 3.8) is 0 Å². The van der Waals surface area contributed by atoms with Gasteiger partial charge in [0.05, 0.1) is 11.5 Å². The Kier molecular flexibility index (Phi) is 5.64. The molecular weight excluding hydrogens is 400 g/mol. The predicted molar refractivity (Wildman–Crippen MR) is 114 cm³/mol. The number of fused-ring (bicyclic) bond motifs is 1. The average Bonchev–Trinajstić information content (AvgIpc) is 3.15. The van der Waals surface area contributed by atoms with Crippen LogP contribution in [0.25, 0.3) is 0 Å². The summed E-state index contributed by atoms with van der Waals surface area (Å²) < 4.78 is 11.8. The lowest BCUT2D eigenvalue weighted by Crippen LogP contribution is -2.21. The molecule has 1 atom stereocenters. The van der Waals surface area contributed by atoms with Gasteiger partial charge in [-0.1, -0.05) is 55.3 Å². The van der Waals surface area contributed by atoms with Gasteiger partial charge in [-0.2, -0.15) is 5.26 Å². The Labute approximate surface area is 179 Å². The van der Waals surface area contributed by atoms with Crippen LogP contribution in [0.1, 0.15) is 41.6 Å². The summed E-state index contributed by atoms with van der Waals surface area (Å²) in [4.78, 5) is 0. The Morgan fingerprint density at radius 1 is 1.27 bits per heavy atom. The zero-order chi connectivity index (χ0) is 21.1. The molecule has 0 spiro atoms. The number of hydrogen-bond acceptors (Lipinski definition) is 5. The van der Waals surface area contributed by atoms with E-state index in [4.69, 9.17) is 26.8 Å². The molecule has 0 radical (unpaired) electrons. The maximum atomic E-state index is 9.87. The van der Waals surface area contributed by atoms with E-state index >= 15 is 0 Å². The summed E-state index contributed by atoms with van der Waals surface area (Å²) in [5.41, 5.74) is 9.89. The molecule has 3 N–H and O–H groups in total. The molecular formula is C23H21ClN4O2. The number of nitrogens with zero attached hydrogens (tertiary/aromatic N) is 2. The first-order valence-electron chi connectivity index (χ1n) is 9.73. The minimum atomic E-state index is -0.483. The predicted octanol–water partition coefficient (Wildman–Crippen LogP) is 4.81. The molecule has 0 fully saturated rings. The van der Waals surface area contributed by atoms with Crippen LogP contribution >= 0.6 is 11.6 Å². The second-order valence-electron chi connectivity index (χ2n) is 7.05. The van der Waals surface area contributed by atoms with Gasteiger partial charge in [-0.05, 0) is 30.2 Å². The SMILES string of the molecule is CCCc1[nH]nc2c1[C@@H](c1cc(Cl)ccc1OCc1ccccc1)C(C#N)=C(N)O2. The molecule has 2 aromatic carbocycles. The number of nitrogens with one attached hydrogen (secondary N) is 1. The van der Waals surface area contributed by atoms with Crippen molar-refractivity contribution in [3.05, 3.63) is 87.4 Å². The normalized spacial score (nSPS) is 15.3. The Morgan fingerprint density at radius 3 is 2.80 bits per heavy atom. The summed E-state index contributed by atoms with van der Waals surface area (Å²) in [7, 11) is 0. The Morgan fingerprint density at radius 2 is 2.07 bits per heavy atom. The van der Waals surface area contributed by atoms with Gasteiger partial charge in [-0.25, -0.2) is 0 Å². The first-order chi connectivity index (χ1) is 14.6. The molecule has 0 bridgehead atoms. The lowest BCUT2D eigenvalue weighted by molar-refractivity contribution is 0.301. The Balaban J connectivity index is 1.81. The third-order valence-corrected chi connectivity index (χ3v) is 5.27. The van der Waals surface area contributed by atoms with Crippen molar-refractivity contribution in [2.45, 2.75) is 32.3 Å². The van der Waals surface area contributed by atoms with Crippen LogP contribution in [0.2, 0.25) is 5.02 Å². The number of nitrogens with two attached hydrogens (primary N) is 1. The van der Waals surface area contributed by atoms with Crippen molar-refractivity contribution in [1.29, 1.82) is 5.26 Å². The Hall–Kier alpha value is -3.43. The van der Waals surface area contributed by atoms with Crippen LogP contribution in [-0.4, -0.2) is 10.2 Å². The largest absolute Gasteiger partial charge is 0.489 e. The van der Waals surface area contributed by atoms with Crippen LogP contribution in [0.4, 0.5) is 0 Å². The van der Waals surface area contributed by atoms with E-state index in [-0.39, 0.29) is 5.88 Å². The minimum absolute atomic E-state index is 0.0403. The van der Waals surface area contributed by atoms with E-state index in [1.165, 1.54) is 0 Å². The number of halogens is 1. The van der Waals surface area contributed by atoms with Crippen molar-refractivity contribution in [3.8, 4) is 17.7 Å². The lowest BCUT2D eigenvalue weighted by Gasteiger charge is -2.26. The van der Waals surface area contributed by atoms with Crippen LogP contribution in [0.3, 0.4) is 0 Å². The van der Waals surface area contributed by atoms with Gasteiger partial charge < -0.3 is 15.2 Å². The molecule has 30 heavy (non-hydrogen) atoms. The van der Waals surface area contributed by atoms with Gasteiger partial charge in [0, 0.05) is 16.3 Å². The molecule has 2 heterocycles. The number of H-pyrrole nitrogens is 1. The van der Waals surface area contributed by atoms with Gasteiger partial charge in [0.25, 0.3) is 0 Å². The van der Waals surface area contributed by atoms with Gasteiger partial charge in [0.15, 0.2) is 0 Å². The number of benzene rings is 2. The third kappa shape index (κ3) is 3.72. The van der Waals surface area contributed by atoms with E-state index in [1.54, 1.807) is 6.07 Å². The van der Waals surface area contributed by atoms with E-state index in [9.17, 15) is 5.26 Å². The van der Waals surface area contributed by atoms with Crippen LogP contribution in [0.15, 0.2) is 60.0 Å². The van der Waals surface area contributed by atoms with Crippen LogP contribution < -0.4 is 15.2 Å². The topological polar surface area (TPSA) is 97.0 Å². The number of aryl methyl sites for hydroxylation is 1. The average molecular weight is 421 g/mol. The maximum absolute atomic E-state index is 9.87. The molecule has 1 aliphatic heterocycles. The summed E-state index contributed by atoms with van der Waals surface area (Å²) in [6.45, 7) is 2.47. The molecule has 0 saturated carbocycles. The highest BCUT2D eigenvalue weighted by Gasteiger charge is 2.36. The van der Waals surface area contributed by atoms with Gasteiger partial charge >= 0.3 is 0 Å². The molecule has 152 valence electrons. The van der Waals surface area contributed by atoms with Crippen LogP contribution in [-0.2, 0) is 13.0 Å². The maximum Gasteiger partial charge on any atom is 0.244 e. The summed E-state index contributed by atoms with van der Waals surface area (Å²) in [6, 6.07) is 17.5. The summed E-state index contributed by atoms with van der Waals surface area (Å²) in [6.07, 6.45) is 1.68. The molecule has 0 unspecified atom stereocenters. The fourth-order valence-corrected chi connectivity index (χ4v) is 3.85. The van der Waals surface area contributed by atoms with Crippen molar-refractivity contribution < 1.29 is 9.47 Å². The van der Waals surface area contributed by atoms with Crippen molar-refractivity contribution >= 4 is 11.6 Å². The van der Waals surface area contributed by atoms with E-state index in [0.717, 1.165) is 35.2 Å². The highest BCUT2D eigenvalue weighted by molar-refractivity contribution is 6.30. The number of allylic oxidation sites excluding steroid dienone is 1. The first-order valence-corrected chi connectivity index (χ1v) is 10.1. The molecule has 0 amide bonds. The van der Waals surface area contributed by atoms with Crippen molar-refractivity contribution in [2.75, 3.05) is 0 Å². The highest BCUT2D eigenvalue weighted by atomic mass is 35.5. The molecule has 1 aromatic heterocycles. The van der Waals surface area contributed by atoms with Gasteiger partial charge in [-0.3, -0.25) is 5.10 Å². The van der Waals surface area contributed by atoms with Crippen LogP contribution in [0, 0.1) is 11.3 Å². The smallest absolute Gasteiger partial charge is 0.244 e. The fourth-order valence-electron chi connectivity index (χ4n) is 3.67. The molecule has 0 saturated heterocycles. The van der Waals surface area contributed by atoms with Crippen LogP contribution in [0.5, 0.6) is 11.6 Å². The Bertz CT molecular complexity index is 1130. The standard InChI is InChI=1S/C23H21ClN4O2/c1-2-6-18-21-20(17(12-25)22(26)30-23(21)28-27-18)16-11-15(24)9-10-19(16)29-13-14-7-4-3-5-8-14/h3-5,7-11,20H,2,6,13,26H2,1H3,(H,27,28)/t20-/m0/s1. The molecule has 3 aromatic rings. The van der Waals surface area contributed by atoms with Crippen molar-refractivity contribution in [1.82, 2.24) is 10.2 Å². The quantitative estimate of drug-likeness (QED) is 0.596. The zero-order valence-corrected chi connectivity index (χ0v) is 17.2. The summed E-state index contributed by atoms with van der Waals surface area (Å²) in [5.74, 6) is 0.571. The van der Waals surface area contributed by atoms with Gasteiger partial charge in [0.1, 0.15) is 24.0 Å². The minimum Gasteiger partial charge on any atom is -0.489 e. The van der Waals surface area contributed by atoms with Gasteiger partial charge in [0.2, 0.25) is 11.8 Å². The molecule has 6 nitrogen and oxygen atoms in total. The number of aromatic amines is 1. The van der Waals surface area contributed by atoms with E-state index in [2.05, 4.69) is 23.2 Å². The highest BCUT2D eigenvalue weighted by Crippen LogP contribution is 2.46. The number of ether oxygens (including phenoxy) is 2. The lowest BCUT2D eigenvalue weighted by atomic mass is 9.83. The van der Waals surface area contributed by atoms with E-state index < -0.39 is 5.92 Å². The summed E-state index contributed by atoms with van der Waals surface area (Å²) in [5, 5.41) is 17.7. The fraction of sp³-hybridized carbons (Fsp3) is 0.217. The second kappa shape index (κ2) is 8.52. The molecule has 1 aliphatic rings. The molecule has 7 heteroatoms. The molecule has 4 rings (SSSR count). The number of hydrogen-bond donors (Lipinski definition) is 2. The second-order valence-corrected chi connectivity index (χ2v) is 7.49. The monoisotopic (exact) mass is 420 g/mol. The van der Waals surface area contributed by atoms with Crippen molar-refractivity contribution in [2.24, 2.45) is 5.73 Å². The molecule has 0 aliphatic carbocycles. The summed E-state index contributed by atoms with van der Waals surface area (Å²) >= 11 is 6.34. The first kappa shape index (κ1) is 19.9. The number of nitriles is 1. The van der Waals surface area contributed by atoms with E-state index in [1.807, 2.05) is 42.5 Å². The number of aromatic nitrogens is 2.